The van der Waals surface area contributed by atoms with Gasteiger partial charge in [0.25, 0.3) is 0 Å². The first-order valence-corrected chi connectivity index (χ1v) is 5.58. The number of aryl methyl sites for hydroxylation is 1. The molecule has 1 aromatic carbocycles. The average molecular weight is 247 g/mol. The molecule has 1 N–H and O–H groups in total. The zero-order valence-electron chi connectivity index (χ0n) is 9.92. The summed E-state index contributed by atoms with van der Waals surface area (Å²) in [5.74, 6) is -0.174. The minimum Gasteiger partial charge on any atom is -0.484 e. The lowest BCUT2D eigenvalue weighted by atomic mass is 10.2. The smallest absolute Gasteiger partial charge is 0.357 e. The average Bonchev–Trinajstić information content (AvgIpc) is 2.86. The minimum atomic E-state index is -1.11. The lowest BCUT2D eigenvalue weighted by Gasteiger charge is -2.03. The molecule has 0 unspecified atom stereocenters. The molecule has 1 heterocycles. The van der Waals surface area contributed by atoms with Crippen molar-refractivity contribution in [2.45, 2.75) is 20.0 Å². The Kier molecular flexibility index (Phi) is 3.62. The van der Waals surface area contributed by atoms with E-state index in [1.807, 2.05) is 24.3 Å². The Morgan fingerprint density at radius 3 is 2.67 bits per heavy atom. The normalized spacial score (nSPS) is 10.3. The molecule has 0 spiro atoms. The minimum absolute atomic E-state index is 0.110. The highest BCUT2D eigenvalue weighted by atomic mass is 16.5. The number of rotatable bonds is 5. The highest BCUT2D eigenvalue weighted by molar-refractivity contribution is 5.84. The summed E-state index contributed by atoms with van der Waals surface area (Å²) in [7, 11) is 0. The van der Waals surface area contributed by atoms with Crippen molar-refractivity contribution in [3.63, 3.8) is 0 Å². The Bertz CT molecular complexity index is 530. The number of aromatic carboxylic acids is 1. The van der Waals surface area contributed by atoms with Crippen LogP contribution in [0.5, 0.6) is 5.75 Å². The summed E-state index contributed by atoms with van der Waals surface area (Å²) in [6.07, 6.45) is 2.07. The van der Waals surface area contributed by atoms with Crippen molar-refractivity contribution in [1.29, 1.82) is 0 Å². The van der Waals surface area contributed by atoms with Crippen LogP contribution >= 0.6 is 0 Å². The van der Waals surface area contributed by atoms with E-state index in [-0.39, 0.29) is 18.2 Å². The SMILES string of the molecule is CCc1ccc(OCc2nc(C(=O)O)co2)cc1. The van der Waals surface area contributed by atoms with E-state index in [0.29, 0.717) is 5.75 Å². The second-order valence-electron chi connectivity index (χ2n) is 3.72. The van der Waals surface area contributed by atoms with Crippen LogP contribution in [0.4, 0.5) is 0 Å². The molecule has 0 aliphatic carbocycles. The molecule has 0 saturated heterocycles. The fraction of sp³-hybridized carbons (Fsp3) is 0.231. The molecule has 0 aliphatic heterocycles. The van der Waals surface area contributed by atoms with Crippen molar-refractivity contribution >= 4 is 5.97 Å². The molecule has 94 valence electrons. The Morgan fingerprint density at radius 1 is 1.39 bits per heavy atom. The molecule has 0 saturated carbocycles. The van der Waals surface area contributed by atoms with Crippen LogP contribution in [-0.2, 0) is 13.0 Å². The molecule has 1 aromatic heterocycles. The summed E-state index contributed by atoms with van der Waals surface area (Å²) in [5, 5.41) is 8.68. The van der Waals surface area contributed by atoms with E-state index in [9.17, 15) is 4.79 Å². The van der Waals surface area contributed by atoms with Crippen molar-refractivity contribution < 1.29 is 19.1 Å². The second-order valence-corrected chi connectivity index (χ2v) is 3.72. The molecule has 5 nitrogen and oxygen atoms in total. The van der Waals surface area contributed by atoms with Gasteiger partial charge in [-0.25, -0.2) is 9.78 Å². The molecule has 0 fully saturated rings. The van der Waals surface area contributed by atoms with E-state index < -0.39 is 5.97 Å². The zero-order chi connectivity index (χ0) is 13.0. The number of carboxylic acids is 1. The summed E-state index contributed by atoms with van der Waals surface area (Å²) >= 11 is 0. The van der Waals surface area contributed by atoms with Gasteiger partial charge in [-0.3, -0.25) is 0 Å². The van der Waals surface area contributed by atoms with Gasteiger partial charge < -0.3 is 14.3 Å². The third kappa shape index (κ3) is 2.88. The van der Waals surface area contributed by atoms with E-state index in [1.54, 1.807) is 0 Å². The van der Waals surface area contributed by atoms with Gasteiger partial charge in [0.1, 0.15) is 12.0 Å². The van der Waals surface area contributed by atoms with Gasteiger partial charge in [0.2, 0.25) is 5.89 Å². The Hall–Kier alpha value is -2.30. The molecule has 0 bridgehead atoms. The number of carboxylic acid groups (broad SMARTS) is 1. The molecular formula is C13H13NO4. The first kappa shape index (κ1) is 12.2. The standard InChI is InChI=1S/C13H13NO4/c1-2-9-3-5-10(6-4-9)17-8-12-14-11(7-18-12)13(15)16/h3-7H,2,8H2,1H3,(H,15,16). The van der Waals surface area contributed by atoms with Gasteiger partial charge in [-0.15, -0.1) is 0 Å². The molecule has 5 heteroatoms. The van der Waals surface area contributed by atoms with Crippen molar-refractivity contribution in [2.75, 3.05) is 0 Å². The van der Waals surface area contributed by atoms with Crippen LogP contribution in [0.2, 0.25) is 0 Å². The molecule has 18 heavy (non-hydrogen) atoms. The van der Waals surface area contributed by atoms with E-state index in [4.69, 9.17) is 14.3 Å². The zero-order valence-corrected chi connectivity index (χ0v) is 9.92. The summed E-state index contributed by atoms with van der Waals surface area (Å²) in [6, 6.07) is 7.68. The van der Waals surface area contributed by atoms with Crippen LogP contribution < -0.4 is 4.74 Å². The monoisotopic (exact) mass is 247 g/mol. The number of nitrogens with zero attached hydrogens (tertiary/aromatic N) is 1. The number of carbonyl (C=O) groups is 1. The highest BCUT2D eigenvalue weighted by Gasteiger charge is 2.10. The third-order valence-corrected chi connectivity index (χ3v) is 2.46. The molecule has 0 aliphatic rings. The van der Waals surface area contributed by atoms with Crippen LogP contribution in [0.15, 0.2) is 34.9 Å². The van der Waals surface area contributed by atoms with Crippen LogP contribution in [-0.4, -0.2) is 16.1 Å². The summed E-state index contributed by atoms with van der Waals surface area (Å²) in [5.41, 5.74) is 1.11. The molecular weight excluding hydrogens is 234 g/mol. The maximum Gasteiger partial charge on any atom is 0.357 e. The van der Waals surface area contributed by atoms with Crippen LogP contribution in [0.3, 0.4) is 0 Å². The summed E-state index contributed by atoms with van der Waals surface area (Å²) in [4.78, 5) is 14.4. The van der Waals surface area contributed by atoms with Crippen LogP contribution in [0, 0.1) is 0 Å². The topological polar surface area (TPSA) is 72.6 Å². The van der Waals surface area contributed by atoms with Crippen LogP contribution in [0.1, 0.15) is 28.9 Å². The first-order chi connectivity index (χ1) is 8.69. The van der Waals surface area contributed by atoms with Crippen molar-refractivity contribution in [1.82, 2.24) is 4.98 Å². The van der Waals surface area contributed by atoms with E-state index in [2.05, 4.69) is 11.9 Å². The predicted octanol–water partition coefficient (Wildman–Crippen LogP) is 2.51. The van der Waals surface area contributed by atoms with Gasteiger partial charge >= 0.3 is 5.97 Å². The number of benzene rings is 1. The fourth-order valence-electron chi connectivity index (χ4n) is 1.44. The molecule has 2 aromatic rings. The number of oxazole rings is 1. The van der Waals surface area contributed by atoms with Crippen LogP contribution in [0.25, 0.3) is 0 Å². The second kappa shape index (κ2) is 5.35. The van der Waals surface area contributed by atoms with E-state index in [0.717, 1.165) is 12.7 Å². The van der Waals surface area contributed by atoms with Gasteiger partial charge in [0.15, 0.2) is 12.3 Å². The van der Waals surface area contributed by atoms with E-state index >= 15 is 0 Å². The fourth-order valence-corrected chi connectivity index (χ4v) is 1.44. The summed E-state index contributed by atoms with van der Waals surface area (Å²) < 4.78 is 10.4. The maximum atomic E-state index is 10.6. The number of aromatic nitrogens is 1. The van der Waals surface area contributed by atoms with Gasteiger partial charge in [0.05, 0.1) is 0 Å². The molecule has 2 rings (SSSR count). The Labute approximate surface area is 104 Å². The highest BCUT2D eigenvalue weighted by Crippen LogP contribution is 2.14. The number of hydrogen-bond acceptors (Lipinski definition) is 4. The quantitative estimate of drug-likeness (QED) is 0.878. The number of ether oxygens (including phenoxy) is 1. The van der Waals surface area contributed by atoms with Gasteiger partial charge in [0, 0.05) is 0 Å². The van der Waals surface area contributed by atoms with Crippen molar-refractivity contribution in [3.8, 4) is 5.75 Å². The molecule has 0 atom stereocenters. The molecule has 0 amide bonds. The van der Waals surface area contributed by atoms with Gasteiger partial charge in [-0.1, -0.05) is 19.1 Å². The van der Waals surface area contributed by atoms with E-state index in [1.165, 1.54) is 5.56 Å². The lowest BCUT2D eigenvalue weighted by molar-refractivity contribution is 0.0690. The Balaban J connectivity index is 1.95. The largest absolute Gasteiger partial charge is 0.484 e. The van der Waals surface area contributed by atoms with Gasteiger partial charge in [-0.2, -0.15) is 0 Å². The van der Waals surface area contributed by atoms with Crippen molar-refractivity contribution in [3.05, 3.63) is 47.7 Å². The summed E-state index contributed by atoms with van der Waals surface area (Å²) in [6.45, 7) is 2.19. The molecule has 0 radical (unpaired) electrons. The third-order valence-electron chi connectivity index (χ3n) is 2.46. The Morgan fingerprint density at radius 2 is 2.11 bits per heavy atom. The first-order valence-electron chi connectivity index (χ1n) is 5.58. The predicted molar refractivity (Wildman–Crippen MR) is 63.6 cm³/mol. The lowest BCUT2D eigenvalue weighted by Crippen LogP contribution is -1.99. The number of hydrogen-bond donors (Lipinski definition) is 1. The maximum absolute atomic E-state index is 10.6. The van der Waals surface area contributed by atoms with Crippen molar-refractivity contribution in [2.24, 2.45) is 0 Å². The van der Waals surface area contributed by atoms with Gasteiger partial charge in [-0.05, 0) is 24.1 Å².